The number of amides is 1. The molecule has 21 heavy (non-hydrogen) atoms. The fourth-order valence-electron chi connectivity index (χ4n) is 2.03. The van der Waals surface area contributed by atoms with Gasteiger partial charge in [-0.2, -0.15) is 0 Å². The highest BCUT2D eigenvalue weighted by Gasteiger charge is 2.11. The van der Waals surface area contributed by atoms with E-state index in [1.807, 2.05) is 49.4 Å². The van der Waals surface area contributed by atoms with Gasteiger partial charge in [-0.1, -0.05) is 19.1 Å². The standard InChI is InChI=1S/C17H19IN2O/c1-3-9-19-16-10-12(2)7-8-15(16)17(21)20-14-6-4-5-13(18)11-14/h4-8,10-11,19H,3,9H2,1-2H3,(H,20,21). The molecule has 0 aromatic heterocycles. The lowest BCUT2D eigenvalue weighted by atomic mass is 10.1. The van der Waals surface area contributed by atoms with Crippen molar-refractivity contribution in [3.8, 4) is 0 Å². The van der Waals surface area contributed by atoms with Gasteiger partial charge in [0.15, 0.2) is 0 Å². The number of carbonyl (C=O) groups excluding carboxylic acids is 1. The van der Waals surface area contributed by atoms with Crippen LogP contribution in [-0.4, -0.2) is 12.5 Å². The van der Waals surface area contributed by atoms with Crippen LogP contribution in [0.4, 0.5) is 11.4 Å². The van der Waals surface area contributed by atoms with E-state index in [-0.39, 0.29) is 5.91 Å². The topological polar surface area (TPSA) is 41.1 Å². The third-order valence-corrected chi connectivity index (χ3v) is 3.74. The van der Waals surface area contributed by atoms with Gasteiger partial charge in [-0.25, -0.2) is 0 Å². The van der Waals surface area contributed by atoms with Crippen LogP contribution in [0.3, 0.4) is 0 Å². The number of aryl methyl sites for hydroxylation is 1. The molecule has 1 amide bonds. The number of anilines is 2. The third-order valence-electron chi connectivity index (χ3n) is 3.07. The van der Waals surface area contributed by atoms with Crippen LogP contribution in [0.1, 0.15) is 29.3 Å². The molecule has 0 aliphatic carbocycles. The summed E-state index contributed by atoms with van der Waals surface area (Å²) in [7, 11) is 0. The molecule has 2 N–H and O–H groups in total. The number of nitrogens with one attached hydrogen (secondary N) is 2. The van der Waals surface area contributed by atoms with E-state index in [0.717, 1.165) is 33.5 Å². The van der Waals surface area contributed by atoms with Gasteiger partial charge in [-0.3, -0.25) is 4.79 Å². The molecule has 0 spiro atoms. The Morgan fingerprint density at radius 3 is 2.71 bits per heavy atom. The molecular formula is C17H19IN2O. The van der Waals surface area contributed by atoms with E-state index in [0.29, 0.717) is 5.56 Å². The maximum atomic E-state index is 12.5. The molecule has 0 fully saturated rings. The summed E-state index contributed by atoms with van der Waals surface area (Å²) in [6.07, 6.45) is 1.02. The predicted molar refractivity (Wildman–Crippen MR) is 97.1 cm³/mol. The molecule has 0 heterocycles. The average Bonchev–Trinajstić information content (AvgIpc) is 2.45. The van der Waals surface area contributed by atoms with E-state index in [9.17, 15) is 4.79 Å². The van der Waals surface area contributed by atoms with Gasteiger partial charge in [0.05, 0.1) is 5.56 Å². The summed E-state index contributed by atoms with van der Waals surface area (Å²) in [5, 5.41) is 6.27. The molecule has 0 unspecified atom stereocenters. The molecule has 2 rings (SSSR count). The van der Waals surface area contributed by atoms with E-state index in [2.05, 4.69) is 40.1 Å². The molecule has 0 radical (unpaired) electrons. The van der Waals surface area contributed by atoms with Crippen molar-refractivity contribution >= 4 is 39.9 Å². The minimum absolute atomic E-state index is 0.0874. The number of hydrogen-bond acceptors (Lipinski definition) is 2. The summed E-state index contributed by atoms with van der Waals surface area (Å²) in [5.74, 6) is -0.0874. The van der Waals surface area contributed by atoms with E-state index in [1.165, 1.54) is 0 Å². The summed E-state index contributed by atoms with van der Waals surface area (Å²) in [6.45, 7) is 4.99. The third kappa shape index (κ3) is 4.46. The van der Waals surface area contributed by atoms with Gasteiger partial charge in [0.1, 0.15) is 0 Å². The maximum absolute atomic E-state index is 12.5. The zero-order valence-electron chi connectivity index (χ0n) is 12.2. The van der Waals surface area contributed by atoms with Gasteiger partial charge < -0.3 is 10.6 Å². The quantitative estimate of drug-likeness (QED) is 0.724. The average molecular weight is 394 g/mol. The Morgan fingerprint density at radius 1 is 1.19 bits per heavy atom. The Kier molecular flexibility index (Phi) is 5.61. The second-order valence-electron chi connectivity index (χ2n) is 4.94. The van der Waals surface area contributed by atoms with Gasteiger partial charge in [0, 0.05) is 21.5 Å². The van der Waals surface area contributed by atoms with Gasteiger partial charge >= 0.3 is 0 Å². The lowest BCUT2D eigenvalue weighted by Gasteiger charge is -2.13. The lowest BCUT2D eigenvalue weighted by Crippen LogP contribution is -2.15. The molecule has 0 aliphatic rings. The molecule has 0 atom stereocenters. The van der Waals surface area contributed by atoms with Crippen molar-refractivity contribution < 1.29 is 4.79 Å². The Morgan fingerprint density at radius 2 is 2.00 bits per heavy atom. The molecule has 0 saturated heterocycles. The first kappa shape index (κ1) is 15.8. The number of carbonyl (C=O) groups is 1. The monoisotopic (exact) mass is 394 g/mol. The SMILES string of the molecule is CCCNc1cc(C)ccc1C(=O)Nc1cccc(I)c1. The van der Waals surface area contributed by atoms with E-state index >= 15 is 0 Å². The number of rotatable bonds is 5. The molecule has 3 nitrogen and oxygen atoms in total. The van der Waals surface area contributed by atoms with Crippen LogP contribution in [-0.2, 0) is 0 Å². The van der Waals surface area contributed by atoms with Crippen molar-refractivity contribution in [2.24, 2.45) is 0 Å². The van der Waals surface area contributed by atoms with Crippen molar-refractivity contribution in [3.05, 3.63) is 57.2 Å². The number of benzene rings is 2. The second kappa shape index (κ2) is 7.45. The van der Waals surface area contributed by atoms with Crippen LogP contribution in [0.25, 0.3) is 0 Å². The molecule has 110 valence electrons. The zero-order chi connectivity index (χ0) is 15.2. The summed E-state index contributed by atoms with van der Waals surface area (Å²) in [4.78, 5) is 12.5. The van der Waals surface area contributed by atoms with Crippen LogP contribution in [0.5, 0.6) is 0 Å². The number of halogens is 1. The predicted octanol–water partition coefficient (Wildman–Crippen LogP) is 4.67. The van der Waals surface area contributed by atoms with Gasteiger partial charge in [0.25, 0.3) is 5.91 Å². The minimum Gasteiger partial charge on any atom is -0.384 e. The van der Waals surface area contributed by atoms with Crippen molar-refractivity contribution in [2.45, 2.75) is 20.3 Å². The highest BCUT2D eigenvalue weighted by molar-refractivity contribution is 14.1. The first-order valence-corrected chi connectivity index (χ1v) is 8.09. The van der Waals surface area contributed by atoms with E-state index in [1.54, 1.807) is 0 Å². The summed E-state index contributed by atoms with van der Waals surface area (Å²) < 4.78 is 1.10. The first-order chi connectivity index (χ1) is 10.1. The second-order valence-corrected chi connectivity index (χ2v) is 6.19. The zero-order valence-corrected chi connectivity index (χ0v) is 14.4. The molecular weight excluding hydrogens is 375 g/mol. The van der Waals surface area contributed by atoms with Crippen LogP contribution >= 0.6 is 22.6 Å². The van der Waals surface area contributed by atoms with Gasteiger partial charge in [-0.15, -0.1) is 0 Å². The largest absolute Gasteiger partial charge is 0.384 e. The van der Waals surface area contributed by atoms with Crippen molar-refractivity contribution in [1.29, 1.82) is 0 Å². The molecule has 0 aliphatic heterocycles. The maximum Gasteiger partial charge on any atom is 0.257 e. The van der Waals surface area contributed by atoms with Crippen molar-refractivity contribution in [3.63, 3.8) is 0 Å². The molecule has 0 saturated carbocycles. The Balaban J connectivity index is 2.22. The molecule has 2 aromatic carbocycles. The Bertz CT molecular complexity index is 640. The fraction of sp³-hybridized carbons (Fsp3) is 0.235. The molecule has 2 aromatic rings. The first-order valence-electron chi connectivity index (χ1n) is 7.01. The van der Waals surface area contributed by atoms with Crippen LogP contribution in [0.15, 0.2) is 42.5 Å². The van der Waals surface area contributed by atoms with Crippen LogP contribution < -0.4 is 10.6 Å². The molecule has 0 bridgehead atoms. The molecule has 4 heteroatoms. The highest BCUT2D eigenvalue weighted by atomic mass is 127. The number of hydrogen-bond donors (Lipinski definition) is 2. The smallest absolute Gasteiger partial charge is 0.257 e. The van der Waals surface area contributed by atoms with Crippen molar-refractivity contribution in [1.82, 2.24) is 0 Å². The van der Waals surface area contributed by atoms with Gasteiger partial charge in [-0.05, 0) is 71.8 Å². The Hall–Kier alpha value is -1.56. The highest BCUT2D eigenvalue weighted by Crippen LogP contribution is 2.20. The Labute approximate surface area is 139 Å². The summed E-state index contributed by atoms with van der Waals surface area (Å²) in [6, 6.07) is 13.6. The fourth-order valence-corrected chi connectivity index (χ4v) is 2.57. The normalized spacial score (nSPS) is 10.2. The minimum atomic E-state index is -0.0874. The summed E-state index contributed by atoms with van der Waals surface area (Å²) in [5.41, 5.74) is 3.52. The van der Waals surface area contributed by atoms with Crippen LogP contribution in [0.2, 0.25) is 0 Å². The van der Waals surface area contributed by atoms with E-state index < -0.39 is 0 Å². The van der Waals surface area contributed by atoms with E-state index in [4.69, 9.17) is 0 Å². The van der Waals surface area contributed by atoms with Gasteiger partial charge in [0.2, 0.25) is 0 Å². The van der Waals surface area contributed by atoms with Crippen molar-refractivity contribution in [2.75, 3.05) is 17.2 Å². The summed E-state index contributed by atoms with van der Waals surface area (Å²) >= 11 is 2.23. The lowest BCUT2D eigenvalue weighted by molar-refractivity contribution is 0.102. The van der Waals surface area contributed by atoms with Crippen LogP contribution in [0, 0.1) is 10.5 Å².